The van der Waals surface area contributed by atoms with Crippen molar-refractivity contribution in [2.45, 2.75) is 27.7 Å². The zero-order valence-corrected chi connectivity index (χ0v) is 16.9. The quantitative estimate of drug-likeness (QED) is 0.474. The maximum absolute atomic E-state index is 12.7. The number of nitrogens with zero attached hydrogens (tertiary/aromatic N) is 2. The van der Waals surface area contributed by atoms with E-state index in [2.05, 4.69) is 26.0 Å². The van der Waals surface area contributed by atoms with Crippen molar-refractivity contribution in [3.63, 3.8) is 0 Å². The Morgan fingerprint density at radius 1 is 0.966 bits per heavy atom. The summed E-state index contributed by atoms with van der Waals surface area (Å²) in [4.78, 5) is 24.9. The summed E-state index contributed by atoms with van der Waals surface area (Å²) >= 11 is 0. The number of aromatic nitrogens is 1. The van der Waals surface area contributed by atoms with Crippen LogP contribution >= 0.6 is 0 Å². The summed E-state index contributed by atoms with van der Waals surface area (Å²) in [6.45, 7) is 7.61. The van der Waals surface area contributed by atoms with Crippen molar-refractivity contribution in [1.29, 1.82) is 5.26 Å². The molecule has 0 fully saturated rings. The molecule has 146 valence electrons. The largest absolute Gasteiger partial charge is 0.454 e. The van der Waals surface area contributed by atoms with Gasteiger partial charge in [0.2, 0.25) is 5.78 Å². The monoisotopic (exact) mass is 386 g/mol. The summed E-state index contributed by atoms with van der Waals surface area (Å²) in [7, 11) is 0. The van der Waals surface area contributed by atoms with Crippen molar-refractivity contribution in [2.75, 3.05) is 6.61 Å². The van der Waals surface area contributed by atoms with Gasteiger partial charge < -0.3 is 9.30 Å². The zero-order chi connectivity index (χ0) is 21.1. The number of carbonyl (C=O) groups excluding carboxylic acids is 2. The Morgan fingerprint density at radius 3 is 2.28 bits per heavy atom. The highest BCUT2D eigenvalue weighted by molar-refractivity contribution is 6.00. The number of benzene rings is 2. The Hall–Kier alpha value is -3.65. The van der Waals surface area contributed by atoms with Gasteiger partial charge in [-0.3, -0.25) is 4.79 Å². The fraction of sp³-hybridized carbons (Fsp3) is 0.208. The maximum Gasteiger partial charge on any atom is 0.338 e. The first-order valence-corrected chi connectivity index (χ1v) is 9.29. The molecule has 2 aromatic carbocycles. The van der Waals surface area contributed by atoms with Gasteiger partial charge >= 0.3 is 5.97 Å². The average molecular weight is 386 g/mol. The molecule has 0 aliphatic carbocycles. The number of ketones is 1. The lowest BCUT2D eigenvalue weighted by Crippen LogP contribution is -2.15. The lowest BCUT2D eigenvalue weighted by Gasteiger charge is -2.12. The van der Waals surface area contributed by atoms with Crippen LogP contribution in [0, 0.1) is 39.0 Å². The molecule has 0 saturated heterocycles. The molecule has 5 heteroatoms. The molecule has 3 rings (SSSR count). The van der Waals surface area contributed by atoms with Gasteiger partial charge in [-0.1, -0.05) is 6.07 Å². The molecule has 0 amide bonds. The maximum atomic E-state index is 12.7. The summed E-state index contributed by atoms with van der Waals surface area (Å²) in [5, 5.41) is 8.82. The van der Waals surface area contributed by atoms with E-state index in [9.17, 15) is 9.59 Å². The van der Waals surface area contributed by atoms with Crippen molar-refractivity contribution in [1.82, 2.24) is 4.57 Å². The van der Waals surface area contributed by atoms with Crippen LogP contribution in [-0.2, 0) is 4.74 Å². The van der Waals surface area contributed by atoms with Gasteiger partial charge in [0.05, 0.1) is 17.2 Å². The molecule has 0 radical (unpaired) electrons. The Balaban J connectivity index is 1.77. The Bertz CT molecular complexity index is 1130. The van der Waals surface area contributed by atoms with Crippen LogP contribution in [0.2, 0.25) is 0 Å². The zero-order valence-electron chi connectivity index (χ0n) is 16.9. The first-order chi connectivity index (χ1) is 13.8. The Morgan fingerprint density at radius 2 is 1.66 bits per heavy atom. The number of esters is 1. The minimum absolute atomic E-state index is 0.254. The predicted molar refractivity (Wildman–Crippen MR) is 110 cm³/mol. The van der Waals surface area contributed by atoms with E-state index in [4.69, 9.17) is 10.00 Å². The van der Waals surface area contributed by atoms with Gasteiger partial charge in [-0.15, -0.1) is 0 Å². The molecule has 29 heavy (non-hydrogen) atoms. The van der Waals surface area contributed by atoms with Crippen molar-refractivity contribution in [3.05, 3.63) is 87.7 Å². The summed E-state index contributed by atoms with van der Waals surface area (Å²) in [6, 6.07) is 16.1. The number of rotatable bonds is 5. The van der Waals surface area contributed by atoms with Crippen LogP contribution in [0.1, 0.15) is 48.8 Å². The SMILES string of the molecule is Cc1ccc(-n2c(C)cc(C(=O)COC(=O)c3ccc(C#N)cc3)c2C)cc1C. The van der Waals surface area contributed by atoms with Crippen LogP contribution in [0.25, 0.3) is 5.69 Å². The van der Waals surface area contributed by atoms with Crippen LogP contribution in [0.15, 0.2) is 48.5 Å². The molecular weight excluding hydrogens is 364 g/mol. The summed E-state index contributed by atoms with van der Waals surface area (Å²) in [5.41, 5.74) is 6.43. The molecule has 0 aliphatic heterocycles. The van der Waals surface area contributed by atoms with Crippen LogP contribution in [-0.4, -0.2) is 22.9 Å². The number of carbonyl (C=O) groups is 2. The average Bonchev–Trinajstić information content (AvgIpc) is 3.02. The molecular formula is C24H22N2O3. The molecule has 0 atom stereocenters. The molecule has 1 heterocycles. The van der Waals surface area contributed by atoms with Gasteiger partial charge in [-0.2, -0.15) is 5.26 Å². The predicted octanol–water partition coefficient (Wildman–Crippen LogP) is 4.62. The van der Waals surface area contributed by atoms with Gasteiger partial charge in [-0.25, -0.2) is 4.79 Å². The normalized spacial score (nSPS) is 10.4. The fourth-order valence-corrected chi connectivity index (χ4v) is 3.28. The van der Waals surface area contributed by atoms with Crippen LogP contribution in [0.5, 0.6) is 0 Å². The van der Waals surface area contributed by atoms with E-state index < -0.39 is 5.97 Å². The second kappa shape index (κ2) is 8.15. The third-order valence-corrected chi connectivity index (χ3v) is 5.06. The van der Waals surface area contributed by atoms with Gasteiger partial charge in [-0.05, 0) is 81.3 Å². The summed E-state index contributed by atoms with van der Waals surface area (Å²) in [5.74, 6) is -0.846. The van der Waals surface area contributed by atoms with Gasteiger partial charge in [0.25, 0.3) is 0 Å². The van der Waals surface area contributed by atoms with E-state index in [1.165, 1.54) is 35.4 Å². The van der Waals surface area contributed by atoms with Gasteiger partial charge in [0, 0.05) is 22.6 Å². The number of aryl methyl sites for hydroxylation is 3. The molecule has 0 spiro atoms. The standard InChI is InChI=1S/C24H22N2O3/c1-15-5-10-21(11-16(15)2)26-17(3)12-22(18(26)4)23(27)14-29-24(28)20-8-6-19(13-25)7-9-20/h5-12H,14H2,1-4H3. The third-order valence-electron chi connectivity index (χ3n) is 5.06. The number of hydrogen-bond acceptors (Lipinski definition) is 4. The molecule has 0 saturated carbocycles. The van der Waals surface area contributed by atoms with E-state index in [1.807, 2.05) is 36.6 Å². The lowest BCUT2D eigenvalue weighted by molar-refractivity contribution is 0.0474. The lowest BCUT2D eigenvalue weighted by atomic mass is 10.1. The number of Topliss-reactive ketones (excluding diaryl/α,β-unsaturated/α-hetero) is 1. The minimum Gasteiger partial charge on any atom is -0.454 e. The van der Waals surface area contributed by atoms with E-state index >= 15 is 0 Å². The molecule has 5 nitrogen and oxygen atoms in total. The highest BCUT2D eigenvalue weighted by Crippen LogP contribution is 2.23. The molecule has 0 N–H and O–H groups in total. The second-order valence-corrected chi connectivity index (χ2v) is 7.08. The van der Waals surface area contributed by atoms with Gasteiger partial charge in [0.15, 0.2) is 6.61 Å². The first-order valence-electron chi connectivity index (χ1n) is 9.29. The van der Waals surface area contributed by atoms with E-state index in [-0.39, 0.29) is 12.4 Å². The Labute approximate surface area is 170 Å². The van der Waals surface area contributed by atoms with Crippen molar-refractivity contribution in [3.8, 4) is 11.8 Å². The molecule has 1 aromatic heterocycles. The van der Waals surface area contributed by atoms with E-state index in [0.29, 0.717) is 16.7 Å². The van der Waals surface area contributed by atoms with Gasteiger partial charge in [0.1, 0.15) is 0 Å². The van der Waals surface area contributed by atoms with Crippen LogP contribution < -0.4 is 0 Å². The molecule has 0 unspecified atom stereocenters. The van der Waals surface area contributed by atoms with E-state index in [1.54, 1.807) is 0 Å². The van der Waals surface area contributed by atoms with Crippen molar-refractivity contribution in [2.24, 2.45) is 0 Å². The van der Waals surface area contributed by atoms with Crippen molar-refractivity contribution < 1.29 is 14.3 Å². The second-order valence-electron chi connectivity index (χ2n) is 7.08. The van der Waals surface area contributed by atoms with E-state index in [0.717, 1.165) is 17.1 Å². The van der Waals surface area contributed by atoms with Crippen LogP contribution in [0.3, 0.4) is 0 Å². The van der Waals surface area contributed by atoms with Crippen LogP contribution in [0.4, 0.5) is 0 Å². The number of ether oxygens (including phenoxy) is 1. The number of hydrogen-bond donors (Lipinski definition) is 0. The fourth-order valence-electron chi connectivity index (χ4n) is 3.28. The minimum atomic E-state index is -0.592. The highest BCUT2D eigenvalue weighted by atomic mass is 16.5. The molecule has 3 aromatic rings. The summed E-state index contributed by atoms with van der Waals surface area (Å²) < 4.78 is 7.21. The Kier molecular flexibility index (Phi) is 5.65. The number of nitriles is 1. The molecule has 0 bridgehead atoms. The smallest absolute Gasteiger partial charge is 0.338 e. The molecule has 0 aliphatic rings. The third kappa shape index (κ3) is 4.12. The van der Waals surface area contributed by atoms with Crippen molar-refractivity contribution >= 4 is 11.8 Å². The topological polar surface area (TPSA) is 72.1 Å². The first kappa shape index (κ1) is 20.1. The highest BCUT2D eigenvalue weighted by Gasteiger charge is 2.19. The summed E-state index contributed by atoms with van der Waals surface area (Å²) in [6.07, 6.45) is 0.